The number of amidine groups is 1. The first-order valence-electron chi connectivity index (χ1n) is 11.4. The average Bonchev–Trinajstić information content (AvgIpc) is 3.28. The molecule has 2 aliphatic rings. The Kier molecular flexibility index (Phi) is 6.09. The number of hydrogen-bond acceptors (Lipinski definition) is 5. The first-order valence-corrected chi connectivity index (χ1v) is 12.3. The van der Waals surface area contributed by atoms with Crippen LogP contribution in [0.1, 0.15) is 24.8 Å². The highest BCUT2D eigenvalue weighted by molar-refractivity contribution is 7.17. The van der Waals surface area contributed by atoms with Crippen LogP contribution in [0.3, 0.4) is 0 Å². The second kappa shape index (κ2) is 9.28. The Bertz CT molecular complexity index is 1050. The molecule has 0 amide bonds. The van der Waals surface area contributed by atoms with Gasteiger partial charge in [0.25, 0.3) is 0 Å². The molecule has 0 spiro atoms. The van der Waals surface area contributed by atoms with Crippen LogP contribution in [0.15, 0.2) is 47.8 Å². The van der Waals surface area contributed by atoms with Crippen LogP contribution in [0.5, 0.6) is 0 Å². The maximum Gasteiger partial charge on any atom is 0.0979 e. The molecule has 3 heterocycles. The lowest BCUT2D eigenvalue weighted by atomic mass is 10.0. The molecule has 3 aromatic rings. The number of piperazine rings is 1. The summed E-state index contributed by atoms with van der Waals surface area (Å²) in [7, 11) is 0. The largest absolute Gasteiger partial charge is 0.385 e. The van der Waals surface area contributed by atoms with E-state index in [0.717, 1.165) is 56.9 Å². The maximum atomic E-state index is 7.83. The van der Waals surface area contributed by atoms with Crippen molar-refractivity contribution in [3.8, 4) is 0 Å². The van der Waals surface area contributed by atoms with E-state index in [1.54, 1.807) is 0 Å². The summed E-state index contributed by atoms with van der Waals surface area (Å²) in [4.78, 5) is 5.16. The molecule has 0 bridgehead atoms. The second-order valence-corrected chi connectivity index (χ2v) is 9.50. The van der Waals surface area contributed by atoms with E-state index in [4.69, 9.17) is 5.41 Å². The summed E-state index contributed by atoms with van der Waals surface area (Å²) in [5.74, 6) is 0.622. The number of anilines is 3. The quantitative estimate of drug-likeness (QED) is 0.446. The zero-order valence-corrected chi connectivity index (χ0v) is 18.8. The number of nitrogens with zero attached hydrogens (tertiary/aromatic N) is 2. The van der Waals surface area contributed by atoms with Crippen molar-refractivity contribution in [1.82, 2.24) is 4.90 Å². The van der Waals surface area contributed by atoms with E-state index in [2.05, 4.69) is 68.3 Å². The van der Waals surface area contributed by atoms with Gasteiger partial charge in [-0.05, 0) is 67.1 Å². The van der Waals surface area contributed by atoms with Gasteiger partial charge in [-0.2, -0.15) is 0 Å². The third kappa shape index (κ3) is 4.70. The van der Waals surface area contributed by atoms with E-state index in [0.29, 0.717) is 5.84 Å². The van der Waals surface area contributed by atoms with E-state index in [9.17, 15) is 0 Å². The van der Waals surface area contributed by atoms with E-state index < -0.39 is 0 Å². The molecule has 2 aromatic carbocycles. The fourth-order valence-electron chi connectivity index (χ4n) is 4.66. The molecular weight excluding hydrogens is 402 g/mol. The smallest absolute Gasteiger partial charge is 0.0979 e. The zero-order valence-electron chi connectivity index (χ0n) is 18.0. The number of aryl methyl sites for hydroxylation is 1. The van der Waals surface area contributed by atoms with Crippen LogP contribution in [-0.4, -0.2) is 50.0 Å². The average molecular weight is 434 g/mol. The minimum Gasteiger partial charge on any atom is -0.385 e. The number of nitrogens with one attached hydrogen (secondary N) is 3. The van der Waals surface area contributed by atoms with Gasteiger partial charge in [-0.1, -0.05) is 12.1 Å². The van der Waals surface area contributed by atoms with Gasteiger partial charge in [0.05, 0.1) is 5.84 Å². The molecule has 0 radical (unpaired) electrons. The molecule has 3 N–H and O–H groups in total. The van der Waals surface area contributed by atoms with Gasteiger partial charge in [0.1, 0.15) is 0 Å². The Morgan fingerprint density at radius 3 is 2.81 bits per heavy atom. The Morgan fingerprint density at radius 1 is 1.00 bits per heavy atom. The van der Waals surface area contributed by atoms with Crippen molar-refractivity contribution in [2.45, 2.75) is 25.7 Å². The maximum absolute atomic E-state index is 7.83. The number of hydrogen-bond donors (Lipinski definition) is 3. The first-order chi connectivity index (χ1) is 15.3. The van der Waals surface area contributed by atoms with Crippen LogP contribution in [0.4, 0.5) is 17.1 Å². The molecule has 0 saturated carbocycles. The van der Waals surface area contributed by atoms with Crippen molar-refractivity contribution in [2.24, 2.45) is 0 Å². The second-order valence-electron chi connectivity index (χ2n) is 8.55. The summed E-state index contributed by atoms with van der Waals surface area (Å²) in [6, 6.07) is 15.5. The lowest BCUT2D eigenvalue weighted by Gasteiger charge is -2.36. The van der Waals surface area contributed by atoms with Crippen LogP contribution in [-0.2, 0) is 6.42 Å². The number of benzene rings is 2. The molecule has 5 nitrogen and oxygen atoms in total. The van der Waals surface area contributed by atoms with E-state index in [1.807, 2.05) is 11.3 Å². The number of unbranched alkanes of at least 4 members (excludes halogenated alkanes) is 1. The SMILES string of the molecule is N=C1CCc2ccc(NCCCCN3CCN(c4cccc5sccc45)CC3)cc2N1. The van der Waals surface area contributed by atoms with E-state index >= 15 is 0 Å². The van der Waals surface area contributed by atoms with Gasteiger partial charge in [0.2, 0.25) is 0 Å². The van der Waals surface area contributed by atoms with Crippen molar-refractivity contribution in [3.63, 3.8) is 0 Å². The molecular formula is C25H31N5S. The van der Waals surface area contributed by atoms with Crippen LogP contribution in [0.2, 0.25) is 0 Å². The van der Waals surface area contributed by atoms with Crippen molar-refractivity contribution in [3.05, 3.63) is 53.4 Å². The monoisotopic (exact) mass is 433 g/mol. The highest BCUT2D eigenvalue weighted by atomic mass is 32.1. The summed E-state index contributed by atoms with van der Waals surface area (Å²) >= 11 is 1.83. The summed E-state index contributed by atoms with van der Waals surface area (Å²) < 4.78 is 1.39. The first kappa shape index (κ1) is 20.3. The minimum absolute atomic E-state index is 0.622. The van der Waals surface area contributed by atoms with Crippen molar-refractivity contribution < 1.29 is 0 Å². The normalized spacial score (nSPS) is 16.9. The van der Waals surface area contributed by atoms with Gasteiger partial charge in [-0.25, -0.2) is 0 Å². The van der Waals surface area contributed by atoms with Gasteiger partial charge >= 0.3 is 0 Å². The molecule has 5 rings (SSSR count). The van der Waals surface area contributed by atoms with Crippen LogP contribution in [0, 0.1) is 5.41 Å². The summed E-state index contributed by atoms with van der Waals surface area (Å²) in [6.07, 6.45) is 4.19. The molecule has 1 aromatic heterocycles. The van der Waals surface area contributed by atoms with Crippen molar-refractivity contribution >= 4 is 44.3 Å². The summed E-state index contributed by atoms with van der Waals surface area (Å²) in [6.45, 7) is 6.71. The van der Waals surface area contributed by atoms with Gasteiger partial charge in [0, 0.05) is 66.3 Å². The van der Waals surface area contributed by atoms with Crippen LogP contribution in [0.25, 0.3) is 10.1 Å². The topological polar surface area (TPSA) is 54.4 Å². The Hall–Kier alpha value is -2.57. The Balaban J connectivity index is 1.03. The minimum atomic E-state index is 0.622. The van der Waals surface area contributed by atoms with Gasteiger partial charge in [-0.15, -0.1) is 11.3 Å². The third-order valence-corrected chi connectivity index (χ3v) is 7.34. The molecule has 6 heteroatoms. The van der Waals surface area contributed by atoms with Gasteiger partial charge in [0.15, 0.2) is 0 Å². The molecule has 1 saturated heterocycles. The zero-order chi connectivity index (χ0) is 21.0. The third-order valence-electron chi connectivity index (χ3n) is 6.46. The molecule has 162 valence electrons. The lowest BCUT2D eigenvalue weighted by molar-refractivity contribution is 0.254. The van der Waals surface area contributed by atoms with Gasteiger partial charge < -0.3 is 15.5 Å². The number of fused-ring (bicyclic) bond motifs is 2. The molecule has 0 unspecified atom stereocenters. The van der Waals surface area contributed by atoms with E-state index in [-0.39, 0.29) is 0 Å². The standard InChI is InChI=1S/C25H31N5S/c26-25-9-7-19-6-8-20(18-22(19)28-25)27-11-1-2-12-29-13-15-30(16-14-29)23-4-3-5-24-21(23)10-17-31-24/h3-6,8,10,17-18,27H,1-2,7,9,11-16H2,(H2,26,28). The van der Waals surface area contributed by atoms with Crippen molar-refractivity contribution in [1.29, 1.82) is 5.41 Å². The fourth-order valence-corrected chi connectivity index (χ4v) is 5.47. The fraction of sp³-hybridized carbons (Fsp3) is 0.400. The summed E-state index contributed by atoms with van der Waals surface area (Å²) in [5, 5.41) is 18.2. The molecule has 0 aliphatic carbocycles. The van der Waals surface area contributed by atoms with Crippen LogP contribution >= 0.6 is 11.3 Å². The van der Waals surface area contributed by atoms with E-state index in [1.165, 1.54) is 40.7 Å². The molecule has 31 heavy (non-hydrogen) atoms. The molecule has 2 aliphatic heterocycles. The molecule has 0 atom stereocenters. The van der Waals surface area contributed by atoms with Crippen LogP contribution < -0.4 is 15.5 Å². The molecule has 1 fully saturated rings. The number of thiophene rings is 1. The lowest BCUT2D eigenvalue weighted by Crippen LogP contribution is -2.46. The highest BCUT2D eigenvalue weighted by Gasteiger charge is 2.18. The highest BCUT2D eigenvalue weighted by Crippen LogP contribution is 2.31. The Morgan fingerprint density at radius 2 is 1.90 bits per heavy atom. The van der Waals surface area contributed by atoms with Crippen molar-refractivity contribution in [2.75, 3.05) is 54.8 Å². The van der Waals surface area contributed by atoms with Gasteiger partial charge in [-0.3, -0.25) is 10.3 Å². The predicted octanol–water partition coefficient (Wildman–Crippen LogP) is 5.25. The Labute approximate surface area is 188 Å². The number of rotatable bonds is 7. The predicted molar refractivity (Wildman–Crippen MR) is 134 cm³/mol. The summed E-state index contributed by atoms with van der Waals surface area (Å²) in [5.41, 5.74) is 4.96.